The third kappa shape index (κ3) is 3.08. The van der Waals surface area contributed by atoms with Crippen molar-refractivity contribution in [2.45, 2.75) is 72.4 Å². The lowest BCUT2D eigenvalue weighted by Gasteiger charge is -2.43. The first-order valence-corrected chi connectivity index (χ1v) is 7.61. The molecule has 3 unspecified atom stereocenters. The highest BCUT2D eigenvalue weighted by atomic mass is 16.3. The number of rotatable bonds is 1. The Morgan fingerprint density at radius 1 is 1.17 bits per heavy atom. The van der Waals surface area contributed by atoms with E-state index in [-0.39, 0.29) is 6.10 Å². The van der Waals surface area contributed by atoms with Gasteiger partial charge < -0.3 is 5.11 Å². The monoisotopic (exact) mass is 253 g/mol. The molecule has 1 N–H and O–H groups in total. The van der Waals surface area contributed by atoms with Crippen LogP contribution in [-0.2, 0) is 0 Å². The van der Waals surface area contributed by atoms with Gasteiger partial charge in [-0.25, -0.2) is 0 Å². The Morgan fingerprint density at radius 2 is 1.83 bits per heavy atom. The molecule has 2 fully saturated rings. The zero-order valence-electron chi connectivity index (χ0n) is 12.9. The molecule has 2 aliphatic rings. The van der Waals surface area contributed by atoms with E-state index in [0.717, 1.165) is 18.8 Å². The maximum Gasteiger partial charge on any atom is 0.0695 e. The number of nitrogens with zero attached hydrogens (tertiary/aromatic N) is 1. The molecule has 1 aliphatic carbocycles. The van der Waals surface area contributed by atoms with Crippen LogP contribution < -0.4 is 0 Å². The maximum atomic E-state index is 10.3. The predicted octanol–water partition coefficient (Wildman–Crippen LogP) is 3.29. The summed E-state index contributed by atoms with van der Waals surface area (Å²) in [5, 5.41) is 10.3. The third-order valence-corrected chi connectivity index (χ3v) is 5.24. The molecular formula is C16H31NO. The molecular weight excluding hydrogens is 222 g/mol. The van der Waals surface area contributed by atoms with Crippen molar-refractivity contribution in [3.8, 4) is 0 Å². The van der Waals surface area contributed by atoms with Crippen LogP contribution in [0.3, 0.4) is 0 Å². The fourth-order valence-corrected chi connectivity index (χ4v) is 3.70. The van der Waals surface area contributed by atoms with E-state index in [1.807, 2.05) is 0 Å². The summed E-state index contributed by atoms with van der Waals surface area (Å²) < 4.78 is 0. The minimum atomic E-state index is -0.100. The standard InChI is InChI=1S/C16H31NO/c1-15(2,3)12-7-9-17(11-12)13-10-16(4,5)8-6-14(13)18/h12-14,18H,6-11H2,1-5H3. The largest absolute Gasteiger partial charge is 0.391 e. The molecule has 0 amide bonds. The van der Waals surface area contributed by atoms with Gasteiger partial charge in [-0.15, -0.1) is 0 Å². The van der Waals surface area contributed by atoms with Gasteiger partial charge in [0.15, 0.2) is 0 Å². The first kappa shape index (κ1) is 14.3. The summed E-state index contributed by atoms with van der Waals surface area (Å²) in [7, 11) is 0. The minimum Gasteiger partial charge on any atom is -0.391 e. The zero-order valence-corrected chi connectivity index (χ0v) is 12.9. The summed E-state index contributed by atoms with van der Waals surface area (Å²) in [6.45, 7) is 14.1. The van der Waals surface area contributed by atoms with Gasteiger partial charge in [0.2, 0.25) is 0 Å². The Hall–Kier alpha value is -0.0800. The number of aliphatic hydroxyl groups excluding tert-OH is 1. The van der Waals surface area contributed by atoms with E-state index >= 15 is 0 Å². The van der Waals surface area contributed by atoms with E-state index < -0.39 is 0 Å². The van der Waals surface area contributed by atoms with Crippen molar-refractivity contribution in [2.24, 2.45) is 16.7 Å². The molecule has 0 aromatic carbocycles. The van der Waals surface area contributed by atoms with E-state index in [0.29, 0.717) is 16.9 Å². The highest BCUT2D eigenvalue weighted by molar-refractivity contribution is 4.95. The topological polar surface area (TPSA) is 23.5 Å². The lowest BCUT2D eigenvalue weighted by molar-refractivity contribution is -0.0113. The van der Waals surface area contributed by atoms with Crippen LogP contribution >= 0.6 is 0 Å². The Kier molecular flexibility index (Phi) is 3.81. The molecule has 0 spiro atoms. The van der Waals surface area contributed by atoms with Crippen molar-refractivity contribution in [1.29, 1.82) is 0 Å². The van der Waals surface area contributed by atoms with Crippen LogP contribution in [0.15, 0.2) is 0 Å². The summed E-state index contributed by atoms with van der Waals surface area (Å²) in [4.78, 5) is 2.57. The second-order valence-electron chi connectivity index (χ2n) is 8.39. The number of aliphatic hydroxyl groups is 1. The van der Waals surface area contributed by atoms with Gasteiger partial charge in [0.1, 0.15) is 0 Å². The van der Waals surface area contributed by atoms with Crippen molar-refractivity contribution in [2.75, 3.05) is 13.1 Å². The van der Waals surface area contributed by atoms with Gasteiger partial charge in [0, 0.05) is 12.6 Å². The Bertz CT molecular complexity index is 292. The van der Waals surface area contributed by atoms with Crippen molar-refractivity contribution < 1.29 is 5.11 Å². The predicted molar refractivity (Wildman–Crippen MR) is 76.6 cm³/mol. The summed E-state index contributed by atoms with van der Waals surface area (Å²) in [6, 6.07) is 0.404. The molecule has 1 saturated heterocycles. The molecule has 3 atom stereocenters. The molecule has 2 nitrogen and oxygen atoms in total. The van der Waals surface area contributed by atoms with Gasteiger partial charge in [0.05, 0.1) is 6.10 Å². The van der Waals surface area contributed by atoms with Gasteiger partial charge in [-0.05, 0) is 49.0 Å². The Morgan fingerprint density at radius 3 is 2.39 bits per heavy atom. The van der Waals surface area contributed by atoms with Crippen LogP contribution in [0, 0.1) is 16.7 Å². The quantitative estimate of drug-likeness (QED) is 0.775. The van der Waals surface area contributed by atoms with Gasteiger partial charge >= 0.3 is 0 Å². The molecule has 1 saturated carbocycles. The Labute approximate surface area is 113 Å². The van der Waals surface area contributed by atoms with E-state index in [9.17, 15) is 5.11 Å². The molecule has 0 bridgehead atoms. The van der Waals surface area contributed by atoms with Gasteiger partial charge in [0.25, 0.3) is 0 Å². The summed E-state index contributed by atoms with van der Waals surface area (Å²) in [5.41, 5.74) is 0.813. The second-order valence-corrected chi connectivity index (χ2v) is 8.39. The molecule has 1 heterocycles. The number of likely N-dealkylation sites (tertiary alicyclic amines) is 1. The second kappa shape index (κ2) is 4.79. The molecule has 106 valence electrons. The lowest BCUT2D eigenvalue weighted by Crippen LogP contribution is -2.48. The number of hydrogen-bond donors (Lipinski definition) is 1. The van der Waals surface area contributed by atoms with E-state index in [4.69, 9.17) is 0 Å². The average molecular weight is 253 g/mol. The fraction of sp³-hybridized carbons (Fsp3) is 1.00. The molecule has 1 aliphatic heterocycles. The van der Waals surface area contributed by atoms with Crippen molar-refractivity contribution in [3.63, 3.8) is 0 Å². The van der Waals surface area contributed by atoms with Gasteiger partial charge in [-0.1, -0.05) is 34.6 Å². The molecule has 0 aromatic heterocycles. The van der Waals surface area contributed by atoms with Gasteiger partial charge in [-0.3, -0.25) is 4.90 Å². The number of hydrogen-bond acceptors (Lipinski definition) is 2. The van der Waals surface area contributed by atoms with Crippen LogP contribution in [-0.4, -0.2) is 35.2 Å². The van der Waals surface area contributed by atoms with Crippen LogP contribution in [0.5, 0.6) is 0 Å². The van der Waals surface area contributed by atoms with Crippen LogP contribution in [0.25, 0.3) is 0 Å². The highest BCUT2D eigenvalue weighted by Gasteiger charge is 2.41. The first-order chi connectivity index (χ1) is 8.19. The molecule has 2 rings (SSSR count). The van der Waals surface area contributed by atoms with Crippen molar-refractivity contribution in [1.82, 2.24) is 4.90 Å². The third-order valence-electron chi connectivity index (χ3n) is 5.24. The van der Waals surface area contributed by atoms with Crippen molar-refractivity contribution >= 4 is 0 Å². The van der Waals surface area contributed by atoms with Crippen LogP contribution in [0.2, 0.25) is 0 Å². The highest BCUT2D eigenvalue weighted by Crippen LogP contribution is 2.41. The summed E-state index contributed by atoms with van der Waals surface area (Å²) in [6.07, 6.45) is 4.50. The SMILES string of the molecule is CC1(C)CCC(O)C(N2CCC(C(C)(C)C)C2)C1. The molecule has 0 aromatic rings. The van der Waals surface area contributed by atoms with Crippen LogP contribution in [0.1, 0.15) is 60.3 Å². The molecule has 2 heteroatoms. The lowest BCUT2D eigenvalue weighted by atomic mass is 9.73. The Balaban J connectivity index is 2.00. The van der Waals surface area contributed by atoms with Crippen LogP contribution in [0.4, 0.5) is 0 Å². The fourth-order valence-electron chi connectivity index (χ4n) is 3.70. The first-order valence-electron chi connectivity index (χ1n) is 7.61. The smallest absolute Gasteiger partial charge is 0.0695 e. The van der Waals surface area contributed by atoms with Gasteiger partial charge in [-0.2, -0.15) is 0 Å². The average Bonchev–Trinajstić information content (AvgIpc) is 2.70. The maximum absolute atomic E-state index is 10.3. The molecule has 0 radical (unpaired) electrons. The summed E-state index contributed by atoms with van der Waals surface area (Å²) >= 11 is 0. The normalized spacial score (nSPS) is 38.0. The summed E-state index contributed by atoms with van der Waals surface area (Å²) in [5.74, 6) is 0.787. The van der Waals surface area contributed by atoms with E-state index in [1.165, 1.54) is 25.9 Å². The minimum absolute atomic E-state index is 0.100. The van der Waals surface area contributed by atoms with E-state index in [1.54, 1.807) is 0 Å². The molecule has 18 heavy (non-hydrogen) atoms. The zero-order chi connectivity index (χ0) is 13.6. The van der Waals surface area contributed by atoms with Crippen molar-refractivity contribution in [3.05, 3.63) is 0 Å². The van der Waals surface area contributed by atoms with E-state index in [2.05, 4.69) is 39.5 Å².